The average Bonchev–Trinajstić information content (AvgIpc) is 3.08. The van der Waals surface area contributed by atoms with Crippen LogP contribution in [0.2, 0.25) is 0 Å². The van der Waals surface area contributed by atoms with Gasteiger partial charge < -0.3 is 10.2 Å². The molecule has 21 heavy (non-hydrogen) atoms. The zero-order valence-corrected chi connectivity index (χ0v) is 14.2. The van der Waals surface area contributed by atoms with Crippen LogP contribution in [0.25, 0.3) is 0 Å². The van der Waals surface area contributed by atoms with Gasteiger partial charge in [0.15, 0.2) is 0 Å². The van der Waals surface area contributed by atoms with Crippen molar-refractivity contribution in [2.24, 2.45) is 0 Å². The summed E-state index contributed by atoms with van der Waals surface area (Å²) >= 11 is 5.23. The molecule has 0 bridgehead atoms. The molecule has 1 aliphatic rings. The van der Waals surface area contributed by atoms with Crippen LogP contribution in [-0.4, -0.2) is 12.5 Å². The number of halogens is 1. The number of anilines is 2. The van der Waals surface area contributed by atoms with E-state index in [9.17, 15) is 4.79 Å². The van der Waals surface area contributed by atoms with Crippen molar-refractivity contribution in [2.75, 3.05) is 16.8 Å². The molecule has 0 saturated carbocycles. The Bertz CT molecular complexity index is 638. The van der Waals surface area contributed by atoms with E-state index in [4.69, 9.17) is 0 Å². The quantitative estimate of drug-likeness (QED) is 0.843. The Balaban J connectivity index is 1.68. The fourth-order valence-corrected chi connectivity index (χ4v) is 3.97. The van der Waals surface area contributed by atoms with Crippen molar-refractivity contribution in [1.82, 2.24) is 0 Å². The van der Waals surface area contributed by atoms with Gasteiger partial charge in [-0.05, 0) is 65.7 Å². The molecular formula is C16H17BrN2OS. The summed E-state index contributed by atoms with van der Waals surface area (Å²) in [4.78, 5) is 14.9. The second-order valence-electron chi connectivity index (χ2n) is 5.20. The largest absolute Gasteiger partial charge is 0.378 e. The normalized spacial score (nSPS) is 16.3. The first-order valence-electron chi connectivity index (χ1n) is 7.06. The number of amides is 1. The zero-order valence-electron chi connectivity index (χ0n) is 11.8. The molecule has 1 N–H and O–H groups in total. The maximum absolute atomic E-state index is 11.7. The molecule has 3 rings (SSSR count). The van der Waals surface area contributed by atoms with E-state index >= 15 is 0 Å². The van der Waals surface area contributed by atoms with Crippen LogP contribution in [0, 0.1) is 0 Å². The molecule has 1 saturated heterocycles. The van der Waals surface area contributed by atoms with E-state index in [0.29, 0.717) is 6.42 Å². The van der Waals surface area contributed by atoms with Crippen LogP contribution in [-0.2, 0) is 4.79 Å². The first-order valence-corrected chi connectivity index (χ1v) is 8.66. The van der Waals surface area contributed by atoms with Gasteiger partial charge in [0.25, 0.3) is 0 Å². The van der Waals surface area contributed by atoms with Gasteiger partial charge in [-0.2, -0.15) is 0 Å². The smallest absolute Gasteiger partial charge is 0.227 e. The Morgan fingerprint density at radius 1 is 1.24 bits per heavy atom. The maximum Gasteiger partial charge on any atom is 0.227 e. The average molecular weight is 365 g/mol. The lowest BCUT2D eigenvalue weighted by Gasteiger charge is -2.18. The summed E-state index contributed by atoms with van der Waals surface area (Å²) in [5, 5.41) is 3.49. The number of hydrogen-bond acceptors (Lipinski definition) is 3. The molecule has 2 aromatic rings. The highest BCUT2D eigenvalue weighted by Crippen LogP contribution is 2.30. The first-order chi connectivity index (χ1) is 10.1. The lowest BCUT2D eigenvalue weighted by molar-refractivity contribution is -0.117. The van der Waals surface area contributed by atoms with E-state index in [1.165, 1.54) is 4.88 Å². The molecule has 1 aromatic heterocycles. The zero-order chi connectivity index (χ0) is 14.8. The fraction of sp³-hybridized carbons (Fsp3) is 0.312. The Hall–Kier alpha value is -1.33. The lowest BCUT2D eigenvalue weighted by Crippen LogP contribution is -2.23. The minimum Gasteiger partial charge on any atom is -0.378 e. The third kappa shape index (κ3) is 3.30. The highest BCUT2D eigenvalue weighted by Gasteiger charge is 2.21. The van der Waals surface area contributed by atoms with Crippen LogP contribution < -0.4 is 10.2 Å². The van der Waals surface area contributed by atoms with Gasteiger partial charge in [0.1, 0.15) is 0 Å². The van der Waals surface area contributed by atoms with Crippen LogP contribution in [0.4, 0.5) is 11.4 Å². The summed E-state index contributed by atoms with van der Waals surface area (Å²) in [6.07, 6.45) is 1.63. The Morgan fingerprint density at radius 2 is 2.00 bits per heavy atom. The fourth-order valence-electron chi connectivity index (χ4n) is 2.54. The van der Waals surface area contributed by atoms with Crippen molar-refractivity contribution in [3.05, 3.63) is 45.1 Å². The van der Waals surface area contributed by atoms with Gasteiger partial charge in [-0.1, -0.05) is 0 Å². The Kier molecular flexibility index (Phi) is 4.31. The van der Waals surface area contributed by atoms with Gasteiger partial charge in [-0.15, -0.1) is 11.3 Å². The predicted molar refractivity (Wildman–Crippen MR) is 92.1 cm³/mol. The number of rotatable bonds is 4. The van der Waals surface area contributed by atoms with Crippen LogP contribution >= 0.6 is 27.3 Å². The van der Waals surface area contributed by atoms with Gasteiger partial charge >= 0.3 is 0 Å². The summed E-state index contributed by atoms with van der Waals surface area (Å²) in [7, 11) is 0. The molecule has 1 atom stereocenters. The van der Waals surface area contributed by atoms with Gasteiger partial charge in [0, 0.05) is 29.2 Å². The number of carbonyl (C=O) groups is 1. The van der Waals surface area contributed by atoms with Crippen molar-refractivity contribution in [3.63, 3.8) is 0 Å². The van der Waals surface area contributed by atoms with Gasteiger partial charge in [-0.25, -0.2) is 0 Å². The third-order valence-corrected chi connectivity index (χ3v) is 5.46. The minimum absolute atomic E-state index is 0.229. The second-order valence-corrected chi connectivity index (χ2v) is 7.70. The number of benzene rings is 1. The molecule has 0 spiro atoms. The molecule has 1 fully saturated rings. The maximum atomic E-state index is 11.7. The topological polar surface area (TPSA) is 32.3 Å². The molecule has 110 valence electrons. The number of carbonyl (C=O) groups excluding carboxylic acids is 1. The molecule has 5 heteroatoms. The third-order valence-electron chi connectivity index (χ3n) is 3.66. The van der Waals surface area contributed by atoms with Crippen LogP contribution in [0.1, 0.15) is 30.7 Å². The molecule has 0 radical (unpaired) electrons. The van der Waals surface area contributed by atoms with Crippen molar-refractivity contribution in [1.29, 1.82) is 0 Å². The number of nitrogens with one attached hydrogen (secondary N) is 1. The SMILES string of the molecule is CC(Nc1ccc(N2CCCC2=O)cc1)c1ccc(Br)s1. The van der Waals surface area contributed by atoms with Gasteiger partial charge in [-0.3, -0.25) is 4.79 Å². The molecular weight excluding hydrogens is 348 g/mol. The van der Waals surface area contributed by atoms with Gasteiger partial charge in [0.05, 0.1) is 9.83 Å². The summed E-state index contributed by atoms with van der Waals surface area (Å²) in [5.41, 5.74) is 2.07. The van der Waals surface area contributed by atoms with E-state index in [2.05, 4.69) is 40.3 Å². The predicted octanol–water partition coefficient (Wildman–Crippen LogP) is 4.81. The highest BCUT2D eigenvalue weighted by atomic mass is 79.9. The number of thiophene rings is 1. The van der Waals surface area contributed by atoms with Crippen molar-refractivity contribution < 1.29 is 4.79 Å². The summed E-state index contributed by atoms with van der Waals surface area (Å²) < 4.78 is 1.15. The van der Waals surface area contributed by atoms with Crippen LogP contribution in [0.3, 0.4) is 0 Å². The highest BCUT2D eigenvalue weighted by molar-refractivity contribution is 9.11. The molecule has 1 aliphatic heterocycles. The van der Waals surface area contributed by atoms with E-state index in [-0.39, 0.29) is 11.9 Å². The van der Waals surface area contributed by atoms with E-state index in [1.54, 1.807) is 11.3 Å². The summed E-state index contributed by atoms with van der Waals surface area (Å²) in [6, 6.07) is 12.6. The molecule has 1 unspecified atom stereocenters. The molecule has 1 amide bonds. The standard InChI is InChI=1S/C16H17BrN2OS/c1-11(14-8-9-15(17)21-14)18-12-4-6-13(7-5-12)19-10-2-3-16(19)20/h4-9,11,18H,2-3,10H2,1H3. The lowest BCUT2D eigenvalue weighted by atomic mass is 10.2. The summed E-state index contributed by atoms with van der Waals surface area (Å²) in [5.74, 6) is 0.229. The summed E-state index contributed by atoms with van der Waals surface area (Å²) in [6.45, 7) is 2.99. The van der Waals surface area contributed by atoms with E-state index < -0.39 is 0 Å². The van der Waals surface area contributed by atoms with Crippen molar-refractivity contribution in [3.8, 4) is 0 Å². The van der Waals surface area contributed by atoms with E-state index in [1.807, 2.05) is 29.2 Å². The monoisotopic (exact) mass is 364 g/mol. The van der Waals surface area contributed by atoms with Crippen LogP contribution in [0.15, 0.2) is 40.2 Å². The van der Waals surface area contributed by atoms with E-state index in [0.717, 1.165) is 28.1 Å². The van der Waals surface area contributed by atoms with Gasteiger partial charge in [0.2, 0.25) is 5.91 Å². The molecule has 0 aliphatic carbocycles. The van der Waals surface area contributed by atoms with Crippen molar-refractivity contribution in [2.45, 2.75) is 25.8 Å². The Morgan fingerprint density at radius 3 is 2.57 bits per heavy atom. The minimum atomic E-state index is 0.229. The number of hydrogen-bond donors (Lipinski definition) is 1. The number of nitrogens with zero attached hydrogens (tertiary/aromatic N) is 1. The second kappa shape index (κ2) is 6.20. The molecule has 3 nitrogen and oxygen atoms in total. The first kappa shape index (κ1) is 14.6. The molecule has 2 heterocycles. The molecule has 1 aromatic carbocycles. The van der Waals surface area contributed by atoms with Crippen molar-refractivity contribution >= 4 is 44.5 Å². The Labute approximate surface area is 137 Å². The van der Waals surface area contributed by atoms with Crippen LogP contribution in [0.5, 0.6) is 0 Å².